The van der Waals surface area contributed by atoms with Gasteiger partial charge in [-0.2, -0.15) is 0 Å². The fourth-order valence-corrected chi connectivity index (χ4v) is 2.71. The molecule has 17 heavy (non-hydrogen) atoms. The highest BCUT2D eigenvalue weighted by Crippen LogP contribution is 2.42. The molecule has 1 aromatic carbocycles. The SMILES string of the molecule is CN(C)c1c(F)ccc(F)c1C1(N)CCCC1. The van der Waals surface area contributed by atoms with Gasteiger partial charge >= 0.3 is 0 Å². The number of rotatable bonds is 2. The summed E-state index contributed by atoms with van der Waals surface area (Å²) in [6.07, 6.45) is 3.38. The lowest BCUT2D eigenvalue weighted by Crippen LogP contribution is -2.36. The zero-order valence-corrected chi connectivity index (χ0v) is 10.3. The van der Waals surface area contributed by atoms with E-state index in [0.717, 1.165) is 18.9 Å². The van der Waals surface area contributed by atoms with E-state index >= 15 is 0 Å². The normalized spacial score (nSPS) is 18.4. The molecule has 0 bridgehead atoms. The van der Waals surface area contributed by atoms with E-state index in [1.807, 2.05) is 0 Å². The average Bonchev–Trinajstić information content (AvgIpc) is 2.68. The number of nitrogens with two attached hydrogens (primary N) is 1. The van der Waals surface area contributed by atoms with Gasteiger partial charge in [-0.15, -0.1) is 0 Å². The lowest BCUT2D eigenvalue weighted by Gasteiger charge is -2.30. The minimum absolute atomic E-state index is 0.286. The van der Waals surface area contributed by atoms with Crippen LogP contribution in [0.5, 0.6) is 0 Å². The van der Waals surface area contributed by atoms with E-state index in [1.165, 1.54) is 6.07 Å². The molecule has 0 aromatic heterocycles. The first-order chi connectivity index (χ1) is 7.96. The van der Waals surface area contributed by atoms with Gasteiger partial charge in [0.2, 0.25) is 0 Å². The Labute approximate surface area is 100 Å². The molecule has 4 heteroatoms. The van der Waals surface area contributed by atoms with Crippen molar-refractivity contribution in [2.45, 2.75) is 31.2 Å². The van der Waals surface area contributed by atoms with Crippen LogP contribution < -0.4 is 10.6 Å². The second kappa shape index (κ2) is 4.26. The third kappa shape index (κ3) is 2.02. The van der Waals surface area contributed by atoms with Gasteiger partial charge in [-0.25, -0.2) is 8.78 Å². The third-order valence-corrected chi connectivity index (χ3v) is 3.52. The second-order valence-corrected chi connectivity index (χ2v) is 5.01. The van der Waals surface area contributed by atoms with E-state index in [9.17, 15) is 8.78 Å². The Hall–Kier alpha value is -1.16. The summed E-state index contributed by atoms with van der Waals surface area (Å²) >= 11 is 0. The Bertz CT molecular complexity index is 424. The predicted octanol–water partition coefficient (Wildman–Crippen LogP) is 2.76. The zero-order chi connectivity index (χ0) is 12.6. The van der Waals surface area contributed by atoms with E-state index < -0.39 is 17.2 Å². The minimum Gasteiger partial charge on any atom is -0.375 e. The first kappa shape index (κ1) is 12.3. The maximum absolute atomic E-state index is 14.0. The van der Waals surface area contributed by atoms with E-state index in [-0.39, 0.29) is 5.69 Å². The molecule has 2 nitrogen and oxygen atoms in total. The van der Waals surface area contributed by atoms with Crippen molar-refractivity contribution < 1.29 is 8.78 Å². The monoisotopic (exact) mass is 240 g/mol. The van der Waals surface area contributed by atoms with Gasteiger partial charge in [0.25, 0.3) is 0 Å². The molecular weight excluding hydrogens is 222 g/mol. The number of anilines is 1. The van der Waals surface area contributed by atoms with Crippen molar-refractivity contribution in [1.82, 2.24) is 0 Å². The first-order valence-electron chi connectivity index (χ1n) is 5.90. The molecule has 0 aliphatic heterocycles. The molecule has 0 heterocycles. The van der Waals surface area contributed by atoms with Crippen LogP contribution in [0.4, 0.5) is 14.5 Å². The van der Waals surface area contributed by atoms with Crippen LogP contribution in [-0.2, 0) is 5.54 Å². The van der Waals surface area contributed by atoms with Crippen molar-refractivity contribution >= 4 is 5.69 Å². The van der Waals surface area contributed by atoms with Crippen LogP contribution in [0, 0.1) is 11.6 Å². The van der Waals surface area contributed by atoms with Crippen LogP contribution in [0.1, 0.15) is 31.2 Å². The standard InChI is InChI=1S/C13H18F2N2/c1-17(2)12-10(15)6-5-9(14)11(12)13(16)7-3-4-8-13/h5-6H,3-4,7-8,16H2,1-2H3. The molecule has 0 saturated heterocycles. The molecule has 2 N–H and O–H groups in total. The molecule has 0 atom stereocenters. The Morgan fingerprint density at radius 3 is 2.18 bits per heavy atom. The molecule has 1 aromatic rings. The number of hydrogen-bond donors (Lipinski definition) is 1. The lowest BCUT2D eigenvalue weighted by molar-refractivity contribution is 0.429. The summed E-state index contributed by atoms with van der Waals surface area (Å²) in [5.74, 6) is -0.817. The minimum atomic E-state index is -0.716. The quantitative estimate of drug-likeness (QED) is 0.861. The fraction of sp³-hybridized carbons (Fsp3) is 0.538. The predicted molar refractivity (Wildman–Crippen MR) is 65.0 cm³/mol. The molecule has 2 rings (SSSR count). The van der Waals surface area contributed by atoms with E-state index in [1.54, 1.807) is 19.0 Å². The molecule has 0 radical (unpaired) electrons. The zero-order valence-electron chi connectivity index (χ0n) is 10.3. The number of nitrogens with zero attached hydrogens (tertiary/aromatic N) is 1. The van der Waals surface area contributed by atoms with Gasteiger partial charge in [0, 0.05) is 25.2 Å². The van der Waals surface area contributed by atoms with Gasteiger partial charge in [-0.05, 0) is 25.0 Å². The Morgan fingerprint density at radius 1 is 1.12 bits per heavy atom. The smallest absolute Gasteiger partial charge is 0.147 e. The Kier molecular flexibility index (Phi) is 3.08. The van der Waals surface area contributed by atoms with Gasteiger partial charge in [0.05, 0.1) is 5.69 Å². The number of halogens is 2. The van der Waals surface area contributed by atoms with Gasteiger partial charge in [0.15, 0.2) is 0 Å². The van der Waals surface area contributed by atoms with Crippen molar-refractivity contribution in [1.29, 1.82) is 0 Å². The fourth-order valence-electron chi connectivity index (χ4n) is 2.71. The largest absolute Gasteiger partial charge is 0.375 e. The van der Waals surface area contributed by atoms with Crippen LogP contribution in [0.3, 0.4) is 0 Å². The van der Waals surface area contributed by atoms with Crippen molar-refractivity contribution in [3.63, 3.8) is 0 Å². The van der Waals surface area contributed by atoms with Crippen LogP contribution in [-0.4, -0.2) is 14.1 Å². The van der Waals surface area contributed by atoms with Crippen molar-refractivity contribution in [3.8, 4) is 0 Å². The average molecular weight is 240 g/mol. The maximum atomic E-state index is 14.0. The molecule has 1 saturated carbocycles. The Balaban J connectivity index is 2.62. The van der Waals surface area contributed by atoms with Crippen LogP contribution in [0.15, 0.2) is 12.1 Å². The summed E-state index contributed by atoms with van der Waals surface area (Å²) in [5.41, 5.74) is 6.16. The van der Waals surface area contributed by atoms with E-state index in [4.69, 9.17) is 5.73 Å². The topological polar surface area (TPSA) is 29.3 Å². The molecule has 1 fully saturated rings. The third-order valence-electron chi connectivity index (χ3n) is 3.52. The summed E-state index contributed by atoms with van der Waals surface area (Å²) < 4.78 is 27.9. The second-order valence-electron chi connectivity index (χ2n) is 5.01. The van der Waals surface area contributed by atoms with Crippen molar-refractivity contribution in [2.75, 3.05) is 19.0 Å². The van der Waals surface area contributed by atoms with Crippen molar-refractivity contribution in [2.24, 2.45) is 5.73 Å². The van der Waals surface area contributed by atoms with Gasteiger partial charge < -0.3 is 10.6 Å². The van der Waals surface area contributed by atoms with Crippen LogP contribution >= 0.6 is 0 Å². The maximum Gasteiger partial charge on any atom is 0.147 e. The molecule has 0 amide bonds. The van der Waals surface area contributed by atoms with Crippen molar-refractivity contribution in [3.05, 3.63) is 29.3 Å². The van der Waals surface area contributed by atoms with E-state index in [0.29, 0.717) is 18.4 Å². The van der Waals surface area contributed by atoms with E-state index in [2.05, 4.69) is 0 Å². The lowest BCUT2D eigenvalue weighted by atomic mass is 9.87. The molecular formula is C13H18F2N2. The highest BCUT2D eigenvalue weighted by Gasteiger charge is 2.37. The molecule has 0 spiro atoms. The highest BCUT2D eigenvalue weighted by molar-refractivity contribution is 5.57. The van der Waals surface area contributed by atoms with Crippen LogP contribution in [0.2, 0.25) is 0 Å². The summed E-state index contributed by atoms with van der Waals surface area (Å²) in [4.78, 5) is 1.60. The highest BCUT2D eigenvalue weighted by atomic mass is 19.1. The van der Waals surface area contributed by atoms with Gasteiger partial charge in [-0.3, -0.25) is 0 Å². The summed E-state index contributed by atoms with van der Waals surface area (Å²) in [6.45, 7) is 0. The summed E-state index contributed by atoms with van der Waals surface area (Å²) in [5, 5.41) is 0. The van der Waals surface area contributed by atoms with Gasteiger partial charge in [-0.1, -0.05) is 12.8 Å². The molecule has 1 aliphatic carbocycles. The molecule has 0 unspecified atom stereocenters. The summed E-state index contributed by atoms with van der Waals surface area (Å²) in [7, 11) is 3.42. The molecule has 1 aliphatic rings. The summed E-state index contributed by atoms with van der Waals surface area (Å²) in [6, 6.07) is 2.33. The Morgan fingerprint density at radius 2 is 1.65 bits per heavy atom. The number of hydrogen-bond acceptors (Lipinski definition) is 2. The van der Waals surface area contributed by atoms with Gasteiger partial charge in [0.1, 0.15) is 11.6 Å². The first-order valence-corrected chi connectivity index (χ1v) is 5.90. The number of benzene rings is 1. The van der Waals surface area contributed by atoms with Crippen LogP contribution in [0.25, 0.3) is 0 Å². The molecule has 94 valence electrons.